The average molecular weight is 176 g/mol. The van der Waals surface area contributed by atoms with Crippen molar-refractivity contribution < 1.29 is 19.8 Å². The maximum atomic E-state index is 10.3. The second-order valence-electron chi connectivity index (χ2n) is 2.50. The predicted molar refractivity (Wildman–Crippen MR) is 39.4 cm³/mol. The molecule has 0 fully saturated rings. The molecule has 0 aliphatic rings. The van der Waals surface area contributed by atoms with Gasteiger partial charge in [0, 0.05) is 12.8 Å². The van der Waals surface area contributed by atoms with Crippen LogP contribution in [0.25, 0.3) is 0 Å². The zero-order chi connectivity index (χ0) is 9.78. The first-order valence-electron chi connectivity index (χ1n) is 3.39. The first-order valence-corrected chi connectivity index (χ1v) is 3.39. The number of aliphatic hydroxyl groups is 2. The molecular weight excluding hydrogens is 164 g/mol. The maximum Gasteiger partial charge on any atom is 0.277 e. The van der Waals surface area contributed by atoms with Gasteiger partial charge in [-0.05, 0) is 6.42 Å². The van der Waals surface area contributed by atoms with Gasteiger partial charge >= 0.3 is 0 Å². The Bertz CT molecular complexity index is 190. The molecule has 0 aliphatic carbocycles. The minimum atomic E-state index is -2.53. The second kappa shape index (κ2) is 4.03. The summed E-state index contributed by atoms with van der Waals surface area (Å²) in [6, 6.07) is 0. The normalized spacial score (nSPS) is 11.2. The third-order valence-electron chi connectivity index (χ3n) is 1.34. The number of hydrogen-bond donors (Lipinski definition) is 4. The molecular formula is C6H12N2O4. The Hall–Kier alpha value is -1.14. The van der Waals surface area contributed by atoms with Gasteiger partial charge in [0.1, 0.15) is 0 Å². The van der Waals surface area contributed by atoms with Gasteiger partial charge in [-0.3, -0.25) is 9.59 Å². The summed E-state index contributed by atoms with van der Waals surface area (Å²) < 4.78 is 0. The van der Waals surface area contributed by atoms with Crippen LogP contribution in [0.4, 0.5) is 0 Å². The van der Waals surface area contributed by atoms with Crippen molar-refractivity contribution in [2.45, 2.75) is 25.0 Å². The van der Waals surface area contributed by atoms with E-state index in [1.807, 2.05) is 0 Å². The van der Waals surface area contributed by atoms with Gasteiger partial charge in [0.05, 0.1) is 0 Å². The van der Waals surface area contributed by atoms with Crippen molar-refractivity contribution in [3.8, 4) is 0 Å². The van der Waals surface area contributed by atoms with Crippen LogP contribution >= 0.6 is 0 Å². The Morgan fingerprint density at radius 2 is 1.75 bits per heavy atom. The van der Waals surface area contributed by atoms with Gasteiger partial charge in [0.25, 0.3) is 5.91 Å². The Morgan fingerprint density at radius 1 is 1.25 bits per heavy atom. The third kappa shape index (κ3) is 3.89. The standard InChI is InChI=1S/C6H12N2O4/c7-4(9)2-1-3-6(11,12)5(8)10/h11-12H,1-3H2,(H2,7,9)(H2,8,10). The van der Waals surface area contributed by atoms with Crippen LogP contribution in [0.3, 0.4) is 0 Å². The molecule has 0 heterocycles. The fraction of sp³-hybridized carbons (Fsp3) is 0.667. The van der Waals surface area contributed by atoms with E-state index in [1.54, 1.807) is 0 Å². The van der Waals surface area contributed by atoms with E-state index in [-0.39, 0.29) is 19.3 Å². The number of nitrogens with two attached hydrogens (primary N) is 2. The highest BCUT2D eigenvalue weighted by Crippen LogP contribution is 2.09. The molecule has 0 spiro atoms. The molecule has 0 aliphatic heterocycles. The van der Waals surface area contributed by atoms with E-state index in [2.05, 4.69) is 5.73 Å². The fourth-order valence-corrected chi connectivity index (χ4v) is 0.632. The monoisotopic (exact) mass is 176 g/mol. The van der Waals surface area contributed by atoms with Gasteiger partial charge in [-0.25, -0.2) is 0 Å². The molecule has 0 rings (SSSR count). The lowest BCUT2D eigenvalue weighted by molar-refractivity contribution is -0.184. The molecule has 0 atom stereocenters. The molecule has 70 valence electrons. The highest BCUT2D eigenvalue weighted by molar-refractivity contribution is 5.81. The molecule has 0 aromatic carbocycles. The molecule has 2 amide bonds. The van der Waals surface area contributed by atoms with Crippen LogP contribution in [0.15, 0.2) is 0 Å². The van der Waals surface area contributed by atoms with Crippen LogP contribution in [0.5, 0.6) is 0 Å². The molecule has 0 bridgehead atoms. The van der Waals surface area contributed by atoms with Crippen molar-refractivity contribution in [3.63, 3.8) is 0 Å². The largest absolute Gasteiger partial charge is 0.370 e. The van der Waals surface area contributed by atoms with Gasteiger partial charge in [-0.15, -0.1) is 0 Å². The Labute approximate surface area is 69.2 Å². The highest BCUT2D eigenvalue weighted by Gasteiger charge is 2.29. The summed E-state index contributed by atoms with van der Waals surface area (Å²) in [5.41, 5.74) is 9.41. The first kappa shape index (κ1) is 10.9. The van der Waals surface area contributed by atoms with Crippen LogP contribution in [0.2, 0.25) is 0 Å². The summed E-state index contributed by atoms with van der Waals surface area (Å²) >= 11 is 0. The van der Waals surface area contributed by atoms with Crippen molar-refractivity contribution in [2.24, 2.45) is 11.5 Å². The summed E-state index contributed by atoms with van der Waals surface area (Å²) in [5, 5.41) is 17.7. The number of hydrogen-bond acceptors (Lipinski definition) is 4. The SMILES string of the molecule is NC(=O)CCCC(O)(O)C(N)=O. The van der Waals surface area contributed by atoms with Gasteiger partial charge in [-0.1, -0.05) is 0 Å². The lowest BCUT2D eigenvalue weighted by atomic mass is 10.1. The van der Waals surface area contributed by atoms with E-state index in [1.165, 1.54) is 0 Å². The highest BCUT2D eigenvalue weighted by atomic mass is 16.5. The van der Waals surface area contributed by atoms with E-state index in [0.717, 1.165) is 0 Å². The zero-order valence-electron chi connectivity index (χ0n) is 6.49. The molecule has 0 radical (unpaired) electrons. The Morgan fingerprint density at radius 3 is 2.08 bits per heavy atom. The van der Waals surface area contributed by atoms with E-state index in [9.17, 15) is 9.59 Å². The minimum Gasteiger partial charge on any atom is -0.370 e. The molecule has 0 aromatic heterocycles. The quantitative estimate of drug-likeness (QED) is 0.355. The molecule has 0 aromatic rings. The fourth-order valence-electron chi connectivity index (χ4n) is 0.632. The van der Waals surface area contributed by atoms with Gasteiger partial charge in [-0.2, -0.15) is 0 Å². The van der Waals surface area contributed by atoms with Crippen LogP contribution < -0.4 is 11.5 Å². The summed E-state index contributed by atoms with van der Waals surface area (Å²) in [6.45, 7) is 0. The lowest BCUT2D eigenvalue weighted by Crippen LogP contribution is -2.43. The zero-order valence-corrected chi connectivity index (χ0v) is 6.49. The molecule has 6 nitrogen and oxygen atoms in total. The molecule has 6 N–H and O–H groups in total. The van der Waals surface area contributed by atoms with Gasteiger partial charge in [0.15, 0.2) is 0 Å². The smallest absolute Gasteiger partial charge is 0.277 e. The number of amides is 2. The van der Waals surface area contributed by atoms with Crippen molar-refractivity contribution in [2.75, 3.05) is 0 Å². The summed E-state index contributed by atoms with van der Waals surface area (Å²) in [5.74, 6) is -4.32. The van der Waals surface area contributed by atoms with E-state index >= 15 is 0 Å². The van der Waals surface area contributed by atoms with Crippen molar-refractivity contribution in [1.29, 1.82) is 0 Å². The van der Waals surface area contributed by atoms with Gasteiger partial charge in [0.2, 0.25) is 11.7 Å². The van der Waals surface area contributed by atoms with E-state index in [4.69, 9.17) is 15.9 Å². The van der Waals surface area contributed by atoms with E-state index < -0.39 is 17.6 Å². The summed E-state index contributed by atoms with van der Waals surface area (Å²) in [4.78, 5) is 20.5. The van der Waals surface area contributed by atoms with Crippen LogP contribution in [0, 0.1) is 0 Å². The van der Waals surface area contributed by atoms with Gasteiger partial charge < -0.3 is 21.7 Å². The predicted octanol–water partition coefficient (Wildman–Crippen LogP) is -2.19. The number of carbonyl (C=O) groups is 2. The van der Waals surface area contributed by atoms with Crippen LogP contribution in [-0.4, -0.2) is 27.8 Å². The molecule has 0 saturated carbocycles. The van der Waals surface area contributed by atoms with Crippen molar-refractivity contribution in [3.05, 3.63) is 0 Å². The van der Waals surface area contributed by atoms with Crippen molar-refractivity contribution >= 4 is 11.8 Å². The van der Waals surface area contributed by atoms with Crippen LogP contribution in [0.1, 0.15) is 19.3 Å². The number of carbonyl (C=O) groups excluding carboxylic acids is 2. The minimum absolute atomic E-state index is 0.00382. The number of primary amides is 2. The van der Waals surface area contributed by atoms with Crippen molar-refractivity contribution in [1.82, 2.24) is 0 Å². The second-order valence-corrected chi connectivity index (χ2v) is 2.50. The Balaban J connectivity index is 3.76. The lowest BCUT2D eigenvalue weighted by Gasteiger charge is -2.16. The summed E-state index contributed by atoms with van der Waals surface area (Å²) in [6.07, 6.45) is -0.174. The Kier molecular flexibility index (Phi) is 3.65. The van der Waals surface area contributed by atoms with Crippen LogP contribution in [-0.2, 0) is 9.59 Å². The topological polar surface area (TPSA) is 127 Å². The molecule has 0 unspecified atom stereocenters. The molecule has 0 saturated heterocycles. The summed E-state index contributed by atoms with van der Waals surface area (Å²) in [7, 11) is 0. The maximum absolute atomic E-state index is 10.3. The van der Waals surface area contributed by atoms with E-state index in [0.29, 0.717) is 0 Å². The molecule has 12 heavy (non-hydrogen) atoms. The molecule has 6 heteroatoms. The first-order chi connectivity index (χ1) is 5.36. The third-order valence-corrected chi connectivity index (χ3v) is 1.34. The average Bonchev–Trinajstić information content (AvgIpc) is 1.85. The number of rotatable bonds is 5.